The molecular weight excluding hydrogens is 220 g/mol. The van der Waals surface area contributed by atoms with Crippen LogP contribution >= 0.6 is 0 Å². The van der Waals surface area contributed by atoms with E-state index in [9.17, 15) is 4.79 Å². The lowest BCUT2D eigenvalue weighted by Crippen LogP contribution is -2.07. The van der Waals surface area contributed by atoms with E-state index in [0.29, 0.717) is 11.7 Å². The van der Waals surface area contributed by atoms with Gasteiger partial charge in [-0.05, 0) is 54.4 Å². The first kappa shape index (κ1) is 13.1. The summed E-state index contributed by atoms with van der Waals surface area (Å²) in [6.45, 7) is 4.46. The molecule has 18 heavy (non-hydrogen) atoms. The topological polar surface area (TPSA) is 17.1 Å². The van der Waals surface area contributed by atoms with Crippen molar-refractivity contribution >= 4 is 11.9 Å². The summed E-state index contributed by atoms with van der Waals surface area (Å²) in [5, 5.41) is 0. The molecule has 1 heteroatoms. The van der Waals surface area contributed by atoms with Crippen LogP contribution in [0.25, 0.3) is 6.08 Å². The molecular formula is C17H22O. The molecule has 0 bridgehead atoms. The first-order chi connectivity index (χ1) is 8.70. The molecule has 0 N–H and O–H groups in total. The first-order valence-corrected chi connectivity index (χ1v) is 7.04. The van der Waals surface area contributed by atoms with Crippen LogP contribution in [0.2, 0.25) is 0 Å². The van der Waals surface area contributed by atoms with E-state index in [4.69, 9.17) is 0 Å². The maximum absolute atomic E-state index is 11.8. The number of benzene rings is 1. The standard InChI is InChI=1S/C17H22O/c1-3-13(2)15-10-8-14(9-11-15)12-16-6-4-5-7-17(16)18/h8-13H,3-7H2,1-2H3/b16-12+. The van der Waals surface area contributed by atoms with Crippen molar-refractivity contribution in [1.29, 1.82) is 0 Å². The second kappa shape index (κ2) is 5.99. The van der Waals surface area contributed by atoms with Gasteiger partial charge in [-0.25, -0.2) is 0 Å². The molecule has 0 amide bonds. The molecule has 1 aliphatic carbocycles. The van der Waals surface area contributed by atoms with Crippen molar-refractivity contribution in [3.63, 3.8) is 0 Å². The zero-order valence-electron chi connectivity index (χ0n) is 11.4. The minimum atomic E-state index is 0.340. The molecule has 0 radical (unpaired) electrons. The van der Waals surface area contributed by atoms with Crippen molar-refractivity contribution in [2.75, 3.05) is 0 Å². The summed E-state index contributed by atoms with van der Waals surface area (Å²) in [7, 11) is 0. The average Bonchev–Trinajstić information content (AvgIpc) is 2.41. The van der Waals surface area contributed by atoms with Gasteiger partial charge in [0.25, 0.3) is 0 Å². The monoisotopic (exact) mass is 242 g/mol. The molecule has 1 nitrogen and oxygen atoms in total. The predicted molar refractivity (Wildman–Crippen MR) is 76.6 cm³/mol. The highest BCUT2D eigenvalue weighted by molar-refractivity contribution is 6.00. The van der Waals surface area contributed by atoms with E-state index in [1.54, 1.807) is 0 Å². The third kappa shape index (κ3) is 3.10. The van der Waals surface area contributed by atoms with Gasteiger partial charge in [0.2, 0.25) is 0 Å². The minimum Gasteiger partial charge on any atom is -0.295 e. The van der Waals surface area contributed by atoms with E-state index in [1.165, 1.54) is 12.0 Å². The second-order valence-corrected chi connectivity index (χ2v) is 5.28. The summed E-state index contributed by atoms with van der Waals surface area (Å²) in [6, 6.07) is 8.65. The Morgan fingerprint density at radius 3 is 2.44 bits per heavy atom. The lowest BCUT2D eigenvalue weighted by molar-refractivity contribution is -0.116. The van der Waals surface area contributed by atoms with Gasteiger partial charge in [-0.2, -0.15) is 0 Å². The van der Waals surface area contributed by atoms with Crippen LogP contribution in [0.15, 0.2) is 29.8 Å². The Balaban J connectivity index is 2.14. The van der Waals surface area contributed by atoms with E-state index in [2.05, 4.69) is 44.2 Å². The highest BCUT2D eigenvalue weighted by Crippen LogP contribution is 2.24. The molecule has 0 aromatic heterocycles. The summed E-state index contributed by atoms with van der Waals surface area (Å²) >= 11 is 0. The number of allylic oxidation sites excluding steroid dienone is 1. The smallest absolute Gasteiger partial charge is 0.158 e. The van der Waals surface area contributed by atoms with Crippen molar-refractivity contribution in [3.05, 3.63) is 41.0 Å². The minimum absolute atomic E-state index is 0.340. The lowest BCUT2D eigenvalue weighted by Gasteiger charge is -2.13. The Labute approximate surface area is 110 Å². The quantitative estimate of drug-likeness (QED) is 0.700. The number of rotatable bonds is 3. The molecule has 1 aliphatic rings. The van der Waals surface area contributed by atoms with Crippen molar-refractivity contribution in [2.45, 2.75) is 51.9 Å². The van der Waals surface area contributed by atoms with Crippen LogP contribution in [0.4, 0.5) is 0 Å². The number of carbonyl (C=O) groups is 1. The number of hydrogen-bond donors (Lipinski definition) is 0. The maximum Gasteiger partial charge on any atom is 0.158 e. The van der Waals surface area contributed by atoms with Gasteiger partial charge in [0.05, 0.1) is 0 Å². The third-order valence-corrected chi connectivity index (χ3v) is 3.92. The molecule has 1 unspecified atom stereocenters. The zero-order chi connectivity index (χ0) is 13.0. The molecule has 0 heterocycles. The van der Waals surface area contributed by atoms with Crippen molar-refractivity contribution < 1.29 is 4.79 Å². The Morgan fingerprint density at radius 1 is 1.17 bits per heavy atom. The summed E-state index contributed by atoms with van der Waals surface area (Å²) in [5.74, 6) is 0.954. The van der Waals surface area contributed by atoms with Crippen molar-refractivity contribution in [3.8, 4) is 0 Å². The number of Topliss-reactive ketones (excluding diaryl/α,β-unsaturated/α-hetero) is 1. The fourth-order valence-corrected chi connectivity index (χ4v) is 2.41. The van der Waals surface area contributed by atoms with E-state index < -0.39 is 0 Å². The summed E-state index contributed by atoms with van der Waals surface area (Å²) < 4.78 is 0. The van der Waals surface area contributed by atoms with Gasteiger partial charge in [-0.15, -0.1) is 0 Å². The van der Waals surface area contributed by atoms with Gasteiger partial charge < -0.3 is 0 Å². The first-order valence-electron chi connectivity index (χ1n) is 7.04. The zero-order valence-corrected chi connectivity index (χ0v) is 11.4. The second-order valence-electron chi connectivity index (χ2n) is 5.28. The number of hydrogen-bond acceptors (Lipinski definition) is 1. The van der Waals surface area contributed by atoms with Gasteiger partial charge >= 0.3 is 0 Å². The molecule has 1 atom stereocenters. The molecule has 1 aromatic rings. The van der Waals surface area contributed by atoms with Gasteiger partial charge in [-0.1, -0.05) is 38.1 Å². The van der Waals surface area contributed by atoms with E-state index >= 15 is 0 Å². The van der Waals surface area contributed by atoms with E-state index in [0.717, 1.165) is 36.8 Å². The Kier molecular flexibility index (Phi) is 4.35. The van der Waals surface area contributed by atoms with Gasteiger partial charge in [0.15, 0.2) is 5.78 Å². The molecule has 0 aliphatic heterocycles. The van der Waals surface area contributed by atoms with Crippen LogP contribution < -0.4 is 0 Å². The summed E-state index contributed by atoms with van der Waals surface area (Å²) in [4.78, 5) is 11.8. The fourth-order valence-electron chi connectivity index (χ4n) is 2.41. The fraction of sp³-hybridized carbons (Fsp3) is 0.471. The predicted octanol–water partition coefficient (Wildman–Crippen LogP) is 4.73. The normalized spacial score (nSPS) is 20.1. The molecule has 96 valence electrons. The van der Waals surface area contributed by atoms with Crippen molar-refractivity contribution in [2.24, 2.45) is 0 Å². The van der Waals surface area contributed by atoms with E-state index in [1.807, 2.05) is 0 Å². The maximum atomic E-state index is 11.8. The average molecular weight is 242 g/mol. The Morgan fingerprint density at radius 2 is 1.83 bits per heavy atom. The summed E-state index contributed by atoms with van der Waals surface area (Å²) in [5.41, 5.74) is 3.56. The van der Waals surface area contributed by atoms with Crippen LogP contribution in [0, 0.1) is 0 Å². The number of carbonyl (C=O) groups excluding carboxylic acids is 1. The SMILES string of the molecule is CCC(C)c1ccc(/C=C2\CCCCC2=O)cc1. The lowest BCUT2D eigenvalue weighted by atomic mass is 9.91. The van der Waals surface area contributed by atoms with Crippen molar-refractivity contribution in [1.82, 2.24) is 0 Å². The number of ketones is 1. The molecule has 2 rings (SSSR count). The molecule has 0 spiro atoms. The Bertz CT molecular complexity index is 439. The van der Waals surface area contributed by atoms with Crippen LogP contribution in [-0.2, 0) is 4.79 Å². The third-order valence-electron chi connectivity index (χ3n) is 3.92. The Hall–Kier alpha value is -1.37. The van der Waals surface area contributed by atoms with Gasteiger partial charge in [0, 0.05) is 6.42 Å². The molecule has 1 saturated carbocycles. The van der Waals surface area contributed by atoms with Crippen LogP contribution in [0.5, 0.6) is 0 Å². The largest absolute Gasteiger partial charge is 0.295 e. The summed E-state index contributed by atoms with van der Waals surface area (Å²) in [6.07, 6.45) is 7.13. The van der Waals surface area contributed by atoms with Gasteiger partial charge in [0.1, 0.15) is 0 Å². The van der Waals surface area contributed by atoms with E-state index in [-0.39, 0.29) is 0 Å². The van der Waals surface area contributed by atoms with Crippen LogP contribution in [-0.4, -0.2) is 5.78 Å². The van der Waals surface area contributed by atoms with Gasteiger partial charge in [-0.3, -0.25) is 4.79 Å². The molecule has 1 aromatic carbocycles. The van der Waals surface area contributed by atoms with Crippen LogP contribution in [0.3, 0.4) is 0 Å². The molecule has 0 saturated heterocycles. The highest BCUT2D eigenvalue weighted by atomic mass is 16.1. The van der Waals surface area contributed by atoms with Crippen LogP contribution in [0.1, 0.15) is 63.0 Å². The molecule has 1 fully saturated rings. The highest BCUT2D eigenvalue weighted by Gasteiger charge is 2.14.